The molecule has 0 saturated carbocycles. The highest BCUT2D eigenvalue weighted by Gasteiger charge is 2.15. The lowest BCUT2D eigenvalue weighted by Gasteiger charge is -2.11. The molecule has 0 fully saturated rings. The minimum absolute atomic E-state index is 0.0828. The van der Waals surface area contributed by atoms with E-state index in [0.717, 1.165) is 6.26 Å². The SMILES string of the molecule is CS(=O)(=O)CCC(N)C(=O)NCCCn1ccnn1. The third kappa shape index (κ3) is 6.87. The van der Waals surface area contributed by atoms with Crippen LogP contribution in [-0.2, 0) is 21.2 Å². The molecule has 1 atom stereocenters. The van der Waals surface area contributed by atoms with Gasteiger partial charge in [-0.3, -0.25) is 9.48 Å². The van der Waals surface area contributed by atoms with Crippen LogP contribution in [0.3, 0.4) is 0 Å². The van der Waals surface area contributed by atoms with Gasteiger partial charge >= 0.3 is 0 Å². The van der Waals surface area contributed by atoms with Crippen molar-refractivity contribution >= 4 is 15.7 Å². The molecule has 0 aromatic carbocycles. The van der Waals surface area contributed by atoms with Crippen molar-refractivity contribution < 1.29 is 13.2 Å². The molecule has 0 radical (unpaired) electrons. The van der Waals surface area contributed by atoms with Crippen LogP contribution in [0, 0.1) is 0 Å². The van der Waals surface area contributed by atoms with Crippen molar-refractivity contribution in [2.75, 3.05) is 18.6 Å². The van der Waals surface area contributed by atoms with Gasteiger partial charge in [-0.25, -0.2) is 8.42 Å². The molecule has 0 bridgehead atoms. The zero-order valence-electron chi connectivity index (χ0n) is 10.8. The van der Waals surface area contributed by atoms with E-state index in [1.807, 2.05) is 0 Å². The Morgan fingerprint density at radius 3 is 2.84 bits per heavy atom. The van der Waals surface area contributed by atoms with Crippen molar-refractivity contribution in [3.8, 4) is 0 Å². The summed E-state index contributed by atoms with van der Waals surface area (Å²) in [5.41, 5.74) is 5.60. The predicted molar refractivity (Wildman–Crippen MR) is 70.0 cm³/mol. The first-order chi connectivity index (χ1) is 8.88. The Hall–Kier alpha value is -1.48. The van der Waals surface area contributed by atoms with Crippen LogP contribution >= 0.6 is 0 Å². The molecule has 0 aliphatic heterocycles. The molecule has 0 saturated heterocycles. The minimum atomic E-state index is -3.09. The maximum absolute atomic E-state index is 11.6. The number of nitrogens with one attached hydrogen (secondary N) is 1. The number of hydrogen-bond donors (Lipinski definition) is 2. The highest BCUT2D eigenvalue weighted by atomic mass is 32.2. The van der Waals surface area contributed by atoms with Crippen molar-refractivity contribution in [1.82, 2.24) is 20.3 Å². The van der Waals surface area contributed by atoms with Crippen LogP contribution in [-0.4, -0.2) is 53.9 Å². The first-order valence-corrected chi connectivity index (χ1v) is 7.99. The van der Waals surface area contributed by atoms with Gasteiger partial charge in [-0.15, -0.1) is 5.10 Å². The highest BCUT2D eigenvalue weighted by Crippen LogP contribution is 1.94. The number of nitrogens with two attached hydrogens (primary N) is 1. The van der Waals surface area contributed by atoms with E-state index in [1.54, 1.807) is 17.1 Å². The normalized spacial score (nSPS) is 13.2. The second-order valence-corrected chi connectivity index (χ2v) is 6.60. The third-order valence-corrected chi connectivity index (χ3v) is 3.45. The minimum Gasteiger partial charge on any atom is -0.355 e. The van der Waals surface area contributed by atoms with Crippen molar-refractivity contribution in [2.24, 2.45) is 5.73 Å². The summed E-state index contributed by atoms with van der Waals surface area (Å²) < 4.78 is 23.6. The van der Waals surface area contributed by atoms with Gasteiger partial charge < -0.3 is 11.1 Å². The standard InChI is InChI=1S/C10H19N5O3S/c1-19(17,18)8-3-9(11)10(16)12-4-2-6-15-7-5-13-14-15/h5,7,9H,2-4,6,8,11H2,1H3,(H,12,16). The molecule has 1 heterocycles. The number of carbonyl (C=O) groups excluding carboxylic acids is 1. The van der Waals surface area contributed by atoms with Gasteiger partial charge in [-0.05, 0) is 12.8 Å². The summed E-state index contributed by atoms with van der Waals surface area (Å²) in [6, 6.07) is -0.791. The van der Waals surface area contributed by atoms with Crippen LogP contribution in [0.4, 0.5) is 0 Å². The molecular formula is C10H19N5O3S. The van der Waals surface area contributed by atoms with Gasteiger partial charge in [0.2, 0.25) is 5.91 Å². The van der Waals surface area contributed by atoms with Crippen LogP contribution in [0.1, 0.15) is 12.8 Å². The van der Waals surface area contributed by atoms with E-state index in [9.17, 15) is 13.2 Å². The van der Waals surface area contributed by atoms with Crippen LogP contribution in [0.15, 0.2) is 12.4 Å². The number of rotatable bonds is 8. The molecule has 1 amide bonds. The molecular weight excluding hydrogens is 270 g/mol. The zero-order valence-corrected chi connectivity index (χ0v) is 11.6. The lowest BCUT2D eigenvalue weighted by atomic mass is 10.2. The molecule has 1 aromatic rings. The zero-order chi connectivity index (χ0) is 14.3. The van der Waals surface area contributed by atoms with Gasteiger partial charge in [-0.1, -0.05) is 5.21 Å². The molecule has 1 rings (SSSR count). The Kier molecular flexibility index (Phi) is 5.90. The lowest BCUT2D eigenvalue weighted by molar-refractivity contribution is -0.122. The monoisotopic (exact) mass is 289 g/mol. The van der Waals surface area contributed by atoms with Crippen molar-refractivity contribution in [3.63, 3.8) is 0 Å². The second kappa shape index (κ2) is 7.19. The van der Waals surface area contributed by atoms with Gasteiger partial charge in [0.05, 0.1) is 18.0 Å². The Morgan fingerprint density at radius 1 is 1.53 bits per heavy atom. The summed E-state index contributed by atoms with van der Waals surface area (Å²) in [5, 5.41) is 10.1. The fourth-order valence-corrected chi connectivity index (χ4v) is 2.09. The molecule has 1 unspecified atom stereocenters. The van der Waals surface area contributed by atoms with E-state index in [4.69, 9.17) is 5.73 Å². The lowest BCUT2D eigenvalue weighted by Crippen LogP contribution is -2.42. The maximum Gasteiger partial charge on any atom is 0.236 e. The molecule has 8 nitrogen and oxygen atoms in total. The van der Waals surface area contributed by atoms with E-state index in [2.05, 4.69) is 15.6 Å². The smallest absolute Gasteiger partial charge is 0.236 e. The van der Waals surface area contributed by atoms with Crippen LogP contribution < -0.4 is 11.1 Å². The number of aromatic nitrogens is 3. The fraction of sp³-hybridized carbons (Fsp3) is 0.700. The van der Waals surface area contributed by atoms with E-state index in [-0.39, 0.29) is 18.1 Å². The average molecular weight is 289 g/mol. The molecule has 19 heavy (non-hydrogen) atoms. The Morgan fingerprint density at radius 2 is 2.26 bits per heavy atom. The van der Waals surface area contributed by atoms with Crippen LogP contribution in [0.2, 0.25) is 0 Å². The summed E-state index contributed by atoms with van der Waals surface area (Å²) in [7, 11) is -3.09. The number of nitrogens with zero attached hydrogens (tertiary/aromatic N) is 3. The first kappa shape index (κ1) is 15.6. The van der Waals surface area contributed by atoms with E-state index in [0.29, 0.717) is 19.5 Å². The summed E-state index contributed by atoms with van der Waals surface area (Å²) >= 11 is 0. The molecule has 0 aliphatic rings. The van der Waals surface area contributed by atoms with Gasteiger partial charge in [-0.2, -0.15) is 0 Å². The second-order valence-electron chi connectivity index (χ2n) is 4.34. The van der Waals surface area contributed by atoms with E-state index in [1.165, 1.54) is 0 Å². The Labute approximate surface area is 112 Å². The summed E-state index contributed by atoms with van der Waals surface area (Å²) in [5.74, 6) is -0.414. The Balaban J connectivity index is 2.16. The molecule has 1 aromatic heterocycles. The van der Waals surface area contributed by atoms with Gasteiger partial charge in [0.1, 0.15) is 9.84 Å². The number of hydrogen-bond acceptors (Lipinski definition) is 6. The third-order valence-electron chi connectivity index (χ3n) is 2.47. The molecule has 3 N–H and O–H groups in total. The largest absolute Gasteiger partial charge is 0.355 e. The van der Waals surface area contributed by atoms with Crippen LogP contribution in [0.5, 0.6) is 0 Å². The molecule has 9 heteroatoms. The van der Waals surface area contributed by atoms with Gasteiger partial charge in [0.25, 0.3) is 0 Å². The Bertz CT molecular complexity index is 485. The maximum atomic E-state index is 11.6. The molecule has 0 aliphatic carbocycles. The number of sulfone groups is 1. The summed E-state index contributed by atoms with van der Waals surface area (Å²) in [6.45, 7) is 1.12. The number of carbonyl (C=O) groups is 1. The van der Waals surface area contributed by atoms with Crippen molar-refractivity contribution in [1.29, 1.82) is 0 Å². The van der Waals surface area contributed by atoms with Gasteiger partial charge in [0, 0.05) is 25.5 Å². The summed E-state index contributed by atoms with van der Waals surface area (Å²) in [6.07, 6.45) is 5.27. The molecule has 0 spiro atoms. The quantitative estimate of drug-likeness (QED) is 0.565. The van der Waals surface area contributed by atoms with Crippen LogP contribution in [0.25, 0.3) is 0 Å². The number of amides is 1. The summed E-state index contributed by atoms with van der Waals surface area (Å²) in [4.78, 5) is 11.6. The first-order valence-electron chi connectivity index (χ1n) is 5.93. The predicted octanol–water partition coefficient (Wildman–Crippen LogP) is -1.45. The van der Waals surface area contributed by atoms with Gasteiger partial charge in [0.15, 0.2) is 0 Å². The number of aryl methyl sites for hydroxylation is 1. The highest BCUT2D eigenvalue weighted by molar-refractivity contribution is 7.90. The van der Waals surface area contributed by atoms with Crippen molar-refractivity contribution in [2.45, 2.75) is 25.4 Å². The van der Waals surface area contributed by atoms with E-state index < -0.39 is 15.9 Å². The topological polar surface area (TPSA) is 120 Å². The molecule has 108 valence electrons. The fourth-order valence-electron chi connectivity index (χ4n) is 1.41. The van der Waals surface area contributed by atoms with Crippen molar-refractivity contribution in [3.05, 3.63) is 12.4 Å². The average Bonchev–Trinajstić information content (AvgIpc) is 2.83. The van der Waals surface area contributed by atoms with E-state index >= 15 is 0 Å².